The van der Waals surface area contributed by atoms with E-state index in [1.807, 2.05) is 31.2 Å². The largest absolute Gasteiger partial charge is 0.384 e. The Hall–Kier alpha value is -3.92. The zero-order chi connectivity index (χ0) is 21.4. The number of carbonyl (C=O) groups is 1. The number of allylic oxidation sites excluding steroid dienone is 3. The molecule has 0 amide bonds. The van der Waals surface area contributed by atoms with E-state index in [4.69, 9.17) is 5.73 Å². The summed E-state index contributed by atoms with van der Waals surface area (Å²) in [6.45, 7) is 1.98. The summed E-state index contributed by atoms with van der Waals surface area (Å²) in [6.07, 6.45) is 1.71. The molecule has 2 aliphatic rings. The van der Waals surface area contributed by atoms with Gasteiger partial charge in [0.05, 0.1) is 22.5 Å². The lowest BCUT2D eigenvalue weighted by Crippen LogP contribution is -2.38. The second-order valence-electron chi connectivity index (χ2n) is 7.50. The lowest BCUT2D eigenvalue weighted by molar-refractivity contribution is -0.384. The van der Waals surface area contributed by atoms with E-state index < -0.39 is 10.8 Å². The number of ketones is 1. The van der Waals surface area contributed by atoms with Crippen LogP contribution in [-0.2, 0) is 4.79 Å². The Balaban J connectivity index is 1.96. The molecule has 0 radical (unpaired) electrons. The predicted octanol–water partition coefficient (Wildman–Crippen LogP) is 4.21. The van der Waals surface area contributed by atoms with Gasteiger partial charge in [0, 0.05) is 35.5 Å². The number of hydrogen-bond donors (Lipinski definition) is 1. The molecular weight excluding hydrogens is 380 g/mol. The van der Waals surface area contributed by atoms with E-state index in [1.165, 1.54) is 12.1 Å². The van der Waals surface area contributed by atoms with Gasteiger partial charge in [-0.05, 0) is 37.5 Å². The SMILES string of the molecule is Cc1ccc(N2C(N)=C(C#N)C(c3cccc([N+](=O)[O-])c3)C3=C2CCCC3=O)cc1. The van der Waals surface area contributed by atoms with Gasteiger partial charge in [-0.25, -0.2) is 0 Å². The molecule has 0 bridgehead atoms. The number of aryl methyl sites for hydroxylation is 1. The maximum Gasteiger partial charge on any atom is 0.269 e. The third kappa shape index (κ3) is 3.12. The molecule has 1 aliphatic carbocycles. The van der Waals surface area contributed by atoms with Crippen molar-refractivity contribution in [3.63, 3.8) is 0 Å². The van der Waals surface area contributed by atoms with E-state index in [0.717, 1.165) is 16.9 Å². The first-order valence-electron chi connectivity index (χ1n) is 9.69. The molecule has 7 nitrogen and oxygen atoms in total. The van der Waals surface area contributed by atoms with E-state index in [-0.39, 0.29) is 22.9 Å². The van der Waals surface area contributed by atoms with Crippen LogP contribution in [0.25, 0.3) is 0 Å². The number of nitro groups is 1. The Kier molecular flexibility index (Phi) is 4.84. The van der Waals surface area contributed by atoms with E-state index in [2.05, 4.69) is 6.07 Å². The minimum Gasteiger partial charge on any atom is -0.384 e. The zero-order valence-corrected chi connectivity index (χ0v) is 16.5. The van der Waals surface area contributed by atoms with Gasteiger partial charge in [-0.3, -0.25) is 19.8 Å². The molecule has 150 valence electrons. The monoisotopic (exact) mass is 400 g/mol. The van der Waals surface area contributed by atoms with Crippen molar-refractivity contribution in [1.29, 1.82) is 5.26 Å². The molecule has 0 saturated carbocycles. The average molecular weight is 400 g/mol. The molecule has 0 aromatic heterocycles. The molecule has 4 rings (SSSR count). The summed E-state index contributed by atoms with van der Waals surface area (Å²) in [5.74, 6) is -0.504. The second-order valence-corrected chi connectivity index (χ2v) is 7.50. The number of anilines is 1. The Labute approximate surface area is 173 Å². The molecule has 7 heteroatoms. The number of nitrogens with two attached hydrogens (primary N) is 1. The van der Waals surface area contributed by atoms with Crippen molar-refractivity contribution >= 4 is 17.2 Å². The van der Waals surface area contributed by atoms with Crippen molar-refractivity contribution in [3.05, 3.63) is 92.4 Å². The number of rotatable bonds is 3. The average Bonchev–Trinajstić information content (AvgIpc) is 2.74. The number of carbonyl (C=O) groups excluding carboxylic acids is 1. The third-order valence-electron chi connectivity index (χ3n) is 5.62. The fourth-order valence-corrected chi connectivity index (χ4v) is 4.23. The molecule has 30 heavy (non-hydrogen) atoms. The highest BCUT2D eigenvalue weighted by atomic mass is 16.6. The van der Waals surface area contributed by atoms with Gasteiger partial charge >= 0.3 is 0 Å². The zero-order valence-electron chi connectivity index (χ0n) is 16.5. The lowest BCUT2D eigenvalue weighted by Gasteiger charge is -2.39. The molecular formula is C23H20N4O3. The van der Waals surface area contributed by atoms with Crippen molar-refractivity contribution in [2.45, 2.75) is 32.1 Å². The fraction of sp³-hybridized carbons (Fsp3) is 0.217. The van der Waals surface area contributed by atoms with Gasteiger partial charge in [-0.1, -0.05) is 29.8 Å². The number of benzene rings is 2. The molecule has 2 aromatic carbocycles. The number of nitrogens with zero attached hydrogens (tertiary/aromatic N) is 3. The van der Waals surface area contributed by atoms with E-state index in [1.54, 1.807) is 17.0 Å². The van der Waals surface area contributed by atoms with Crippen LogP contribution < -0.4 is 10.6 Å². The van der Waals surface area contributed by atoms with Crippen molar-refractivity contribution in [2.24, 2.45) is 5.73 Å². The predicted molar refractivity (Wildman–Crippen MR) is 112 cm³/mol. The Morgan fingerprint density at radius 1 is 1.20 bits per heavy atom. The normalized spacial score (nSPS) is 18.9. The summed E-state index contributed by atoms with van der Waals surface area (Å²) in [4.78, 5) is 25.6. The smallest absolute Gasteiger partial charge is 0.269 e. The summed E-state index contributed by atoms with van der Waals surface area (Å²) < 4.78 is 0. The molecule has 1 aliphatic heterocycles. The van der Waals surface area contributed by atoms with Gasteiger partial charge in [-0.2, -0.15) is 5.26 Å². The highest BCUT2D eigenvalue weighted by Gasteiger charge is 2.40. The number of Topliss-reactive ketones (excluding diaryl/α,β-unsaturated/α-hetero) is 1. The first-order valence-corrected chi connectivity index (χ1v) is 9.69. The van der Waals surface area contributed by atoms with Crippen molar-refractivity contribution in [3.8, 4) is 6.07 Å². The first-order chi connectivity index (χ1) is 14.4. The summed E-state index contributed by atoms with van der Waals surface area (Å²) in [5, 5.41) is 21.3. The highest BCUT2D eigenvalue weighted by molar-refractivity contribution is 6.01. The van der Waals surface area contributed by atoms with Crippen LogP contribution in [-0.4, -0.2) is 10.7 Å². The van der Waals surface area contributed by atoms with Crippen molar-refractivity contribution in [2.75, 3.05) is 4.90 Å². The molecule has 1 unspecified atom stereocenters. The quantitative estimate of drug-likeness (QED) is 0.610. The van der Waals surface area contributed by atoms with Crippen LogP contribution in [0.1, 0.15) is 36.3 Å². The minimum absolute atomic E-state index is 0.0508. The van der Waals surface area contributed by atoms with Crippen LogP contribution in [0, 0.1) is 28.4 Å². The van der Waals surface area contributed by atoms with Crippen molar-refractivity contribution < 1.29 is 9.72 Å². The summed E-state index contributed by atoms with van der Waals surface area (Å²) >= 11 is 0. The Morgan fingerprint density at radius 2 is 1.93 bits per heavy atom. The molecule has 2 N–H and O–H groups in total. The standard InChI is InChI=1S/C23H20N4O3/c1-14-8-10-16(11-9-14)26-19-6-3-7-20(28)22(19)21(18(13-24)23(26)25)15-4-2-5-17(12-15)27(29)30/h2,4-5,8-12,21H,3,6-7,25H2,1H3. The molecule has 0 saturated heterocycles. The van der Waals surface area contributed by atoms with Crippen LogP contribution in [0.5, 0.6) is 0 Å². The van der Waals surface area contributed by atoms with Gasteiger partial charge in [0.15, 0.2) is 5.78 Å². The molecule has 0 spiro atoms. The summed E-state index contributed by atoms with van der Waals surface area (Å²) in [5.41, 5.74) is 10.3. The lowest BCUT2D eigenvalue weighted by atomic mass is 9.75. The van der Waals surface area contributed by atoms with Crippen LogP contribution >= 0.6 is 0 Å². The summed E-state index contributed by atoms with van der Waals surface area (Å²) in [6, 6.07) is 16.0. The number of nitro benzene ring substituents is 1. The molecule has 1 atom stereocenters. The first kappa shape index (κ1) is 19.4. The van der Waals surface area contributed by atoms with E-state index >= 15 is 0 Å². The van der Waals surface area contributed by atoms with Crippen molar-refractivity contribution in [1.82, 2.24) is 0 Å². The van der Waals surface area contributed by atoms with Gasteiger partial charge in [0.25, 0.3) is 5.69 Å². The molecule has 2 aromatic rings. The Bertz CT molecular complexity index is 1160. The van der Waals surface area contributed by atoms with Gasteiger partial charge in [0.1, 0.15) is 5.82 Å². The second kappa shape index (κ2) is 7.48. The van der Waals surface area contributed by atoms with Crippen LogP contribution in [0.4, 0.5) is 11.4 Å². The number of nitriles is 1. The maximum absolute atomic E-state index is 13.0. The maximum atomic E-state index is 13.0. The minimum atomic E-state index is -0.709. The summed E-state index contributed by atoms with van der Waals surface area (Å²) in [7, 11) is 0. The van der Waals surface area contributed by atoms with E-state index in [0.29, 0.717) is 30.4 Å². The fourth-order valence-electron chi connectivity index (χ4n) is 4.23. The van der Waals surface area contributed by atoms with Crippen LogP contribution in [0.15, 0.2) is 71.2 Å². The Morgan fingerprint density at radius 3 is 2.60 bits per heavy atom. The third-order valence-corrected chi connectivity index (χ3v) is 5.62. The molecule has 0 fully saturated rings. The number of non-ortho nitro benzene ring substituents is 1. The number of hydrogen-bond acceptors (Lipinski definition) is 6. The van der Waals surface area contributed by atoms with Gasteiger partial charge in [-0.15, -0.1) is 0 Å². The topological polar surface area (TPSA) is 113 Å². The highest BCUT2D eigenvalue weighted by Crippen LogP contribution is 2.46. The van der Waals surface area contributed by atoms with Crippen LogP contribution in [0.3, 0.4) is 0 Å². The van der Waals surface area contributed by atoms with Crippen LogP contribution in [0.2, 0.25) is 0 Å². The van der Waals surface area contributed by atoms with Gasteiger partial charge < -0.3 is 5.73 Å². The molecule has 1 heterocycles. The van der Waals surface area contributed by atoms with E-state index in [9.17, 15) is 20.2 Å². The van der Waals surface area contributed by atoms with Gasteiger partial charge in [0.2, 0.25) is 0 Å².